The number of aromatic nitrogens is 1. The van der Waals surface area contributed by atoms with E-state index >= 15 is 0 Å². The van der Waals surface area contributed by atoms with Gasteiger partial charge in [0.25, 0.3) is 0 Å². The van der Waals surface area contributed by atoms with Crippen molar-refractivity contribution in [1.82, 2.24) is 4.98 Å². The number of hydrogen-bond donors (Lipinski definition) is 2. The molecule has 0 aliphatic carbocycles. The Morgan fingerprint density at radius 3 is 2.67 bits per heavy atom. The van der Waals surface area contributed by atoms with Crippen LogP contribution in [-0.2, 0) is 0 Å². The van der Waals surface area contributed by atoms with Crippen molar-refractivity contribution in [3.8, 4) is 28.7 Å². The molecule has 1 aromatic heterocycles. The van der Waals surface area contributed by atoms with Crippen LogP contribution in [-0.4, -0.2) is 28.5 Å². The van der Waals surface area contributed by atoms with Gasteiger partial charge in [0.15, 0.2) is 17.1 Å². The number of nitrogens with zero attached hydrogens (tertiary/aromatic N) is 2. The molecule has 1 heterocycles. The molecular formula is C21H16N2O4. The largest absolute Gasteiger partial charge is 0.507 e. The zero-order valence-electron chi connectivity index (χ0n) is 14.5. The predicted octanol–water partition coefficient (Wildman–Crippen LogP) is 4.67. The Morgan fingerprint density at radius 1 is 1.04 bits per heavy atom. The number of phenolic OH excluding ortho intramolecular Hbond substituents is 2. The summed E-state index contributed by atoms with van der Waals surface area (Å²) in [6.07, 6.45) is 1.51. The highest BCUT2D eigenvalue weighted by atomic mass is 16.5. The van der Waals surface area contributed by atoms with E-state index in [1.165, 1.54) is 19.4 Å². The van der Waals surface area contributed by atoms with E-state index in [4.69, 9.17) is 9.15 Å². The maximum atomic E-state index is 10.4. The van der Waals surface area contributed by atoms with E-state index in [1.807, 2.05) is 24.3 Å². The molecule has 3 aromatic carbocycles. The van der Waals surface area contributed by atoms with Gasteiger partial charge in [-0.15, -0.1) is 0 Å². The van der Waals surface area contributed by atoms with E-state index in [9.17, 15) is 10.2 Å². The first kappa shape index (κ1) is 16.7. The molecule has 0 bridgehead atoms. The monoisotopic (exact) mass is 360 g/mol. The Morgan fingerprint density at radius 2 is 1.89 bits per heavy atom. The number of benzene rings is 3. The molecule has 0 aliphatic heterocycles. The van der Waals surface area contributed by atoms with Crippen LogP contribution in [0.3, 0.4) is 0 Å². The van der Waals surface area contributed by atoms with Crippen molar-refractivity contribution in [3.05, 3.63) is 66.2 Å². The summed E-state index contributed by atoms with van der Waals surface area (Å²) in [5, 5.41) is 20.5. The Kier molecular flexibility index (Phi) is 4.22. The molecule has 4 rings (SSSR count). The SMILES string of the molecule is COc1cccc(C=Nc2ccc(-c3nc4ccccc4o3)c(O)c2)c1O. The number of aliphatic imine (C=N–C) groups is 1. The number of methoxy groups -OCH3 is 1. The van der Waals surface area contributed by atoms with Crippen LogP contribution in [0.5, 0.6) is 17.2 Å². The smallest absolute Gasteiger partial charge is 0.231 e. The Balaban J connectivity index is 1.64. The van der Waals surface area contributed by atoms with Crippen molar-refractivity contribution in [2.24, 2.45) is 4.99 Å². The average Bonchev–Trinajstić information content (AvgIpc) is 3.11. The molecule has 6 heteroatoms. The third-order valence-electron chi connectivity index (χ3n) is 4.11. The van der Waals surface area contributed by atoms with Gasteiger partial charge in [0.05, 0.1) is 18.4 Å². The number of hydrogen-bond acceptors (Lipinski definition) is 6. The molecule has 0 atom stereocenters. The Labute approximate surface area is 155 Å². The van der Waals surface area contributed by atoms with Crippen molar-refractivity contribution >= 4 is 23.0 Å². The van der Waals surface area contributed by atoms with Crippen LogP contribution in [0.25, 0.3) is 22.6 Å². The van der Waals surface area contributed by atoms with E-state index in [2.05, 4.69) is 9.98 Å². The molecule has 6 nitrogen and oxygen atoms in total. The lowest BCUT2D eigenvalue weighted by Gasteiger charge is -2.05. The highest BCUT2D eigenvalue weighted by molar-refractivity contribution is 5.87. The standard InChI is InChI=1S/C21H16N2O4/c1-26-19-8-4-5-13(20(19)25)12-22-14-9-10-15(17(24)11-14)21-23-16-6-2-3-7-18(16)27-21/h2-12,24-25H,1H3. The van der Waals surface area contributed by atoms with Crippen LogP contribution < -0.4 is 4.74 Å². The average molecular weight is 360 g/mol. The van der Waals surface area contributed by atoms with Crippen molar-refractivity contribution in [3.63, 3.8) is 0 Å². The number of ether oxygens (including phenoxy) is 1. The van der Waals surface area contributed by atoms with Crippen LogP contribution in [0, 0.1) is 0 Å². The summed E-state index contributed by atoms with van der Waals surface area (Å²) >= 11 is 0. The molecule has 2 N–H and O–H groups in total. The lowest BCUT2D eigenvalue weighted by Crippen LogP contribution is -1.88. The fraction of sp³-hybridized carbons (Fsp3) is 0.0476. The normalized spacial score (nSPS) is 11.3. The summed E-state index contributed by atoms with van der Waals surface area (Å²) in [4.78, 5) is 8.69. The molecule has 0 aliphatic rings. The van der Waals surface area contributed by atoms with Gasteiger partial charge in [0.1, 0.15) is 11.3 Å². The maximum absolute atomic E-state index is 10.4. The maximum Gasteiger partial charge on any atom is 0.231 e. The fourth-order valence-corrected chi connectivity index (χ4v) is 2.72. The second-order valence-corrected chi connectivity index (χ2v) is 5.84. The molecule has 0 amide bonds. The lowest BCUT2D eigenvalue weighted by atomic mass is 10.1. The van der Waals surface area contributed by atoms with E-state index in [0.29, 0.717) is 34.0 Å². The highest BCUT2D eigenvalue weighted by Crippen LogP contribution is 2.34. The minimum Gasteiger partial charge on any atom is -0.507 e. The van der Waals surface area contributed by atoms with E-state index in [-0.39, 0.29) is 11.5 Å². The van der Waals surface area contributed by atoms with E-state index in [1.54, 1.807) is 30.3 Å². The van der Waals surface area contributed by atoms with Crippen molar-refractivity contribution < 1.29 is 19.4 Å². The fourth-order valence-electron chi connectivity index (χ4n) is 2.72. The third-order valence-corrected chi connectivity index (χ3v) is 4.11. The molecule has 0 fully saturated rings. The second kappa shape index (κ2) is 6.84. The summed E-state index contributed by atoms with van der Waals surface area (Å²) in [6, 6.07) is 17.5. The first-order valence-corrected chi connectivity index (χ1v) is 8.24. The van der Waals surface area contributed by atoms with Gasteiger partial charge in [0, 0.05) is 17.8 Å². The molecular weight excluding hydrogens is 344 g/mol. The summed E-state index contributed by atoms with van der Waals surface area (Å²) in [5.41, 5.74) is 2.89. The first-order chi connectivity index (χ1) is 13.2. The number of fused-ring (bicyclic) bond motifs is 1. The Bertz CT molecular complexity index is 1120. The van der Waals surface area contributed by atoms with Gasteiger partial charge >= 0.3 is 0 Å². The highest BCUT2D eigenvalue weighted by Gasteiger charge is 2.12. The molecule has 0 saturated carbocycles. The first-order valence-electron chi connectivity index (χ1n) is 8.24. The molecule has 0 radical (unpaired) electrons. The van der Waals surface area contributed by atoms with Crippen molar-refractivity contribution in [2.45, 2.75) is 0 Å². The summed E-state index contributed by atoms with van der Waals surface area (Å²) in [7, 11) is 1.48. The number of rotatable bonds is 4. The summed E-state index contributed by atoms with van der Waals surface area (Å²) in [6.45, 7) is 0. The van der Waals surface area contributed by atoms with Crippen molar-refractivity contribution in [1.29, 1.82) is 0 Å². The van der Waals surface area contributed by atoms with Gasteiger partial charge in [-0.1, -0.05) is 18.2 Å². The topological polar surface area (TPSA) is 88.1 Å². The molecule has 4 aromatic rings. The minimum absolute atomic E-state index is 0.00562. The molecule has 27 heavy (non-hydrogen) atoms. The van der Waals surface area contributed by atoms with Gasteiger partial charge in [-0.05, 0) is 36.4 Å². The van der Waals surface area contributed by atoms with Gasteiger partial charge < -0.3 is 19.4 Å². The number of oxazole rings is 1. The summed E-state index contributed by atoms with van der Waals surface area (Å²) < 4.78 is 10.8. The van der Waals surface area contributed by atoms with Gasteiger partial charge in [0.2, 0.25) is 5.89 Å². The van der Waals surface area contributed by atoms with Crippen LogP contribution in [0.2, 0.25) is 0 Å². The molecule has 0 saturated heterocycles. The summed E-state index contributed by atoms with van der Waals surface area (Å²) in [5.74, 6) is 0.727. The molecule has 0 unspecified atom stereocenters. The Hall–Kier alpha value is -3.80. The van der Waals surface area contributed by atoms with E-state index < -0.39 is 0 Å². The van der Waals surface area contributed by atoms with Gasteiger partial charge in [-0.3, -0.25) is 4.99 Å². The lowest BCUT2D eigenvalue weighted by molar-refractivity contribution is 0.373. The predicted molar refractivity (Wildman–Crippen MR) is 103 cm³/mol. The number of para-hydroxylation sites is 3. The number of phenols is 2. The van der Waals surface area contributed by atoms with Crippen LogP contribution in [0.4, 0.5) is 5.69 Å². The van der Waals surface area contributed by atoms with Crippen LogP contribution in [0.15, 0.2) is 70.1 Å². The zero-order valence-corrected chi connectivity index (χ0v) is 14.5. The van der Waals surface area contributed by atoms with Crippen molar-refractivity contribution in [2.75, 3.05) is 7.11 Å². The van der Waals surface area contributed by atoms with Gasteiger partial charge in [-0.2, -0.15) is 0 Å². The number of aromatic hydroxyl groups is 2. The second-order valence-electron chi connectivity index (χ2n) is 5.84. The molecule has 0 spiro atoms. The van der Waals surface area contributed by atoms with Crippen LogP contribution >= 0.6 is 0 Å². The minimum atomic E-state index is 0.00562. The van der Waals surface area contributed by atoms with Crippen LogP contribution in [0.1, 0.15) is 5.56 Å². The van der Waals surface area contributed by atoms with Gasteiger partial charge in [-0.25, -0.2) is 4.98 Å². The van der Waals surface area contributed by atoms with E-state index in [0.717, 1.165) is 5.52 Å². The molecule has 134 valence electrons. The quantitative estimate of drug-likeness (QED) is 0.517. The third kappa shape index (κ3) is 3.20. The zero-order chi connectivity index (χ0) is 18.8.